The summed E-state index contributed by atoms with van der Waals surface area (Å²) in [5, 5.41) is 2.93. The van der Waals surface area contributed by atoms with E-state index in [1.54, 1.807) is 18.2 Å². The SMILES string of the molecule is COC(=O)CC1CC(CCc2c(-c3ccc(F)cc3)c(-c3ccccc3)c(C(=O)Nc3ccc(C(=O)OC)cn3)n2C(C)C)OC(C)(C)O1. The molecule has 5 rings (SSSR count). The molecule has 2 aromatic carbocycles. The molecule has 2 aromatic heterocycles. The Bertz CT molecular complexity index is 1780. The molecule has 258 valence electrons. The minimum Gasteiger partial charge on any atom is -0.469 e. The second-order valence-electron chi connectivity index (χ2n) is 12.7. The zero-order chi connectivity index (χ0) is 35.3. The van der Waals surface area contributed by atoms with E-state index in [4.69, 9.17) is 18.9 Å². The van der Waals surface area contributed by atoms with Crippen molar-refractivity contribution in [3.8, 4) is 22.3 Å². The largest absolute Gasteiger partial charge is 0.469 e. The van der Waals surface area contributed by atoms with Crippen LogP contribution < -0.4 is 5.32 Å². The number of benzene rings is 2. The first kappa shape index (κ1) is 35.4. The summed E-state index contributed by atoms with van der Waals surface area (Å²) in [6, 6.07) is 18.8. The Balaban J connectivity index is 1.63. The number of esters is 2. The van der Waals surface area contributed by atoms with E-state index in [2.05, 4.69) is 10.3 Å². The summed E-state index contributed by atoms with van der Waals surface area (Å²) >= 11 is 0. The highest BCUT2D eigenvalue weighted by atomic mass is 19.1. The van der Waals surface area contributed by atoms with Gasteiger partial charge in [0.05, 0.1) is 38.4 Å². The van der Waals surface area contributed by atoms with Crippen LogP contribution in [0.15, 0.2) is 72.9 Å². The van der Waals surface area contributed by atoms with E-state index in [1.807, 2.05) is 62.6 Å². The van der Waals surface area contributed by atoms with Crippen molar-refractivity contribution < 1.29 is 37.7 Å². The number of nitrogens with zero attached hydrogens (tertiary/aromatic N) is 2. The van der Waals surface area contributed by atoms with Gasteiger partial charge < -0.3 is 28.8 Å². The van der Waals surface area contributed by atoms with Crippen LogP contribution in [-0.2, 0) is 30.2 Å². The highest BCUT2D eigenvalue weighted by molar-refractivity contribution is 6.11. The van der Waals surface area contributed by atoms with Gasteiger partial charge in [-0.2, -0.15) is 0 Å². The van der Waals surface area contributed by atoms with Gasteiger partial charge in [-0.1, -0.05) is 42.5 Å². The third kappa shape index (κ3) is 8.23. The number of ether oxygens (including phenoxy) is 4. The monoisotopic (exact) mass is 671 g/mol. The van der Waals surface area contributed by atoms with Crippen LogP contribution in [0.2, 0.25) is 0 Å². The van der Waals surface area contributed by atoms with Crippen LogP contribution in [-0.4, -0.2) is 59.6 Å². The molecule has 2 unspecified atom stereocenters. The first-order valence-electron chi connectivity index (χ1n) is 16.3. The average molecular weight is 672 g/mol. The van der Waals surface area contributed by atoms with Crippen LogP contribution in [0.5, 0.6) is 0 Å². The molecule has 0 spiro atoms. The summed E-state index contributed by atoms with van der Waals surface area (Å²) in [5.74, 6) is -2.32. The molecule has 1 fully saturated rings. The Morgan fingerprint density at radius 1 is 0.939 bits per heavy atom. The molecule has 1 N–H and O–H groups in total. The summed E-state index contributed by atoms with van der Waals surface area (Å²) in [7, 11) is 2.64. The zero-order valence-corrected chi connectivity index (χ0v) is 28.6. The molecule has 1 aliphatic rings. The Kier molecular flexibility index (Phi) is 10.9. The molecule has 0 radical (unpaired) electrons. The Labute approximate surface area is 285 Å². The smallest absolute Gasteiger partial charge is 0.339 e. The maximum Gasteiger partial charge on any atom is 0.339 e. The van der Waals surface area contributed by atoms with Gasteiger partial charge in [0.25, 0.3) is 5.91 Å². The second-order valence-corrected chi connectivity index (χ2v) is 12.7. The predicted molar refractivity (Wildman–Crippen MR) is 183 cm³/mol. The van der Waals surface area contributed by atoms with Crippen molar-refractivity contribution in [1.82, 2.24) is 9.55 Å². The van der Waals surface area contributed by atoms with Gasteiger partial charge in [0, 0.05) is 35.5 Å². The van der Waals surface area contributed by atoms with Crippen molar-refractivity contribution in [2.24, 2.45) is 0 Å². The number of methoxy groups -OCH3 is 2. The first-order valence-corrected chi connectivity index (χ1v) is 16.3. The number of rotatable bonds is 11. The highest BCUT2D eigenvalue weighted by Gasteiger charge is 2.37. The molecule has 49 heavy (non-hydrogen) atoms. The molecular formula is C38H42FN3O7. The van der Waals surface area contributed by atoms with Gasteiger partial charge in [-0.25, -0.2) is 14.2 Å². The van der Waals surface area contributed by atoms with Crippen LogP contribution in [0.4, 0.5) is 10.2 Å². The fourth-order valence-corrected chi connectivity index (χ4v) is 6.46. The van der Waals surface area contributed by atoms with Crippen LogP contribution in [0, 0.1) is 5.82 Å². The number of pyridine rings is 1. The Morgan fingerprint density at radius 3 is 2.22 bits per heavy atom. The lowest BCUT2D eigenvalue weighted by molar-refractivity contribution is -0.300. The Morgan fingerprint density at radius 2 is 1.61 bits per heavy atom. The first-order chi connectivity index (χ1) is 23.4. The molecule has 1 saturated heterocycles. The molecule has 0 aliphatic carbocycles. The standard InChI is InChI=1S/C38H42FN3O7/c1-23(2)42-30(18-17-28-20-29(21-32(43)46-5)49-38(3,4)48-28)33(25-12-15-27(39)16-13-25)34(24-10-8-7-9-11-24)35(42)36(44)41-31-19-14-26(22-40-31)37(45)47-6/h7-16,19,22-23,28-29H,17-18,20-21H2,1-6H3,(H,40,41,44). The second kappa shape index (κ2) is 15.1. The fraction of sp³-hybridized carbons (Fsp3) is 0.368. The molecule has 1 aliphatic heterocycles. The van der Waals surface area contributed by atoms with E-state index in [-0.39, 0.29) is 47.8 Å². The van der Waals surface area contributed by atoms with E-state index in [9.17, 15) is 18.8 Å². The predicted octanol–water partition coefficient (Wildman–Crippen LogP) is 7.38. The summed E-state index contributed by atoms with van der Waals surface area (Å²) < 4.78 is 38.3. The number of halogens is 1. The molecular weight excluding hydrogens is 629 g/mol. The van der Waals surface area contributed by atoms with Crippen molar-refractivity contribution in [3.05, 3.63) is 95.7 Å². The quantitative estimate of drug-likeness (QED) is 0.164. The lowest BCUT2D eigenvalue weighted by Gasteiger charge is -2.40. The molecule has 3 heterocycles. The lowest BCUT2D eigenvalue weighted by Crippen LogP contribution is -2.45. The topological polar surface area (TPSA) is 118 Å². The van der Waals surface area contributed by atoms with Gasteiger partial charge in [-0.15, -0.1) is 0 Å². The zero-order valence-electron chi connectivity index (χ0n) is 28.6. The average Bonchev–Trinajstić information content (AvgIpc) is 3.43. The normalized spacial score (nSPS) is 17.1. The van der Waals surface area contributed by atoms with Crippen molar-refractivity contribution >= 4 is 23.7 Å². The Hall–Kier alpha value is -4.87. The van der Waals surface area contributed by atoms with Gasteiger partial charge >= 0.3 is 11.9 Å². The van der Waals surface area contributed by atoms with Crippen LogP contribution in [0.3, 0.4) is 0 Å². The number of hydrogen-bond donors (Lipinski definition) is 1. The van der Waals surface area contributed by atoms with Gasteiger partial charge in [0.2, 0.25) is 0 Å². The minimum atomic E-state index is -0.919. The maximum absolute atomic E-state index is 14.4. The van der Waals surface area contributed by atoms with Crippen molar-refractivity contribution in [2.75, 3.05) is 19.5 Å². The highest BCUT2D eigenvalue weighted by Crippen LogP contribution is 2.43. The number of hydrogen-bond acceptors (Lipinski definition) is 8. The molecule has 0 bridgehead atoms. The van der Waals surface area contributed by atoms with Crippen LogP contribution >= 0.6 is 0 Å². The summed E-state index contributed by atoms with van der Waals surface area (Å²) in [6.45, 7) is 7.67. The molecule has 1 amide bonds. The third-order valence-corrected chi connectivity index (χ3v) is 8.41. The van der Waals surface area contributed by atoms with E-state index in [0.717, 1.165) is 22.4 Å². The van der Waals surface area contributed by atoms with Gasteiger partial charge in [-0.05, 0) is 75.9 Å². The van der Waals surface area contributed by atoms with Crippen LogP contribution in [0.25, 0.3) is 22.3 Å². The number of nitrogens with one attached hydrogen (secondary N) is 1. The van der Waals surface area contributed by atoms with E-state index < -0.39 is 17.7 Å². The number of amides is 1. The van der Waals surface area contributed by atoms with Crippen molar-refractivity contribution in [3.63, 3.8) is 0 Å². The summed E-state index contributed by atoms with van der Waals surface area (Å²) in [6.07, 6.45) is 2.36. The van der Waals surface area contributed by atoms with E-state index in [1.165, 1.54) is 38.6 Å². The minimum absolute atomic E-state index is 0.111. The lowest BCUT2D eigenvalue weighted by atomic mass is 9.92. The molecule has 10 nitrogen and oxygen atoms in total. The number of carbonyl (C=O) groups is 3. The molecule has 4 aromatic rings. The summed E-state index contributed by atoms with van der Waals surface area (Å²) in [4.78, 5) is 42.8. The third-order valence-electron chi connectivity index (χ3n) is 8.41. The van der Waals surface area contributed by atoms with Gasteiger partial charge in [-0.3, -0.25) is 9.59 Å². The van der Waals surface area contributed by atoms with Gasteiger partial charge in [0.15, 0.2) is 5.79 Å². The van der Waals surface area contributed by atoms with E-state index in [0.29, 0.717) is 30.5 Å². The van der Waals surface area contributed by atoms with E-state index >= 15 is 0 Å². The molecule has 0 saturated carbocycles. The number of anilines is 1. The van der Waals surface area contributed by atoms with Crippen LogP contribution in [0.1, 0.15) is 79.5 Å². The molecule has 2 atom stereocenters. The number of aromatic nitrogens is 2. The van der Waals surface area contributed by atoms with Crippen molar-refractivity contribution in [2.45, 2.75) is 77.4 Å². The molecule has 11 heteroatoms. The maximum atomic E-state index is 14.4. The van der Waals surface area contributed by atoms with Crippen molar-refractivity contribution in [1.29, 1.82) is 0 Å². The summed E-state index contributed by atoms with van der Waals surface area (Å²) in [5.41, 5.74) is 4.59. The van der Waals surface area contributed by atoms with Gasteiger partial charge in [0.1, 0.15) is 17.3 Å². The fourth-order valence-electron chi connectivity index (χ4n) is 6.46. The number of carbonyl (C=O) groups excluding carboxylic acids is 3.